The molecule has 33 heavy (non-hydrogen) atoms. The molecule has 3 aromatic rings. The molecular formula is C27H28Cl2N2O2. The van der Waals surface area contributed by atoms with Gasteiger partial charge < -0.3 is 15.2 Å². The Morgan fingerprint density at radius 1 is 0.939 bits per heavy atom. The minimum Gasteiger partial charge on any atom is -0.493 e. The van der Waals surface area contributed by atoms with Gasteiger partial charge >= 0.3 is 0 Å². The molecule has 4 nitrogen and oxygen atoms in total. The fraction of sp³-hybridized carbons (Fsp3) is 0.296. The highest BCUT2D eigenvalue weighted by Gasteiger charge is 2.33. The number of hydrogen-bond donors (Lipinski definition) is 2. The number of rotatable bonds is 7. The molecule has 172 valence electrons. The van der Waals surface area contributed by atoms with Gasteiger partial charge in [-0.2, -0.15) is 0 Å². The van der Waals surface area contributed by atoms with Crippen LogP contribution in [0.15, 0.2) is 71.7 Å². The summed E-state index contributed by atoms with van der Waals surface area (Å²) >= 11 is 12.3. The molecule has 0 bridgehead atoms. The van der Waals surface area contributed by atoms with Crippen LogP contribution < -0.4 is 10.1 Å². The summed E-state index contributed by atoms with van der Waals surface area (Å²) in [4.78, 5) is 5.09. The molecule has 1 aliphatic rings. The smallest absolute Gasteiger partial charge is 0.133 e. The van der Waals surface area contributed by atoms with Crippen molar-refractivity contribution in [1.29, 1.82) is 0 Å². The van der Waals surface area contributed by atoms with Crippen molar-refractivity contribution in [2.24, 2.45) is 4.99 Å². The number of aliphatic hydroxyl groups is 1. The molecule has 1 aliphatic heterocycles. The van der Waals surface area contributed by atoms with Crippen LogP contribution in [0.1, 0.15) is 55.1 Å². The maximum Gasteiger partial charge on any atom is 0.133 e. The molecule has 0 spiro atoms. The molecule has 4 rings (SSSR count). The van der Waals surface area contributed by atoms with E-state index < -0.39 is 0 Å². The summed E-state index contributed by atoms with van der Waals surface area (Å²) in [6.45, 7) is 6.57. The average molecular weight is 483 g/mol. The summed E-state index contributed by atoms with van der Waals surface area (Å²) in [5.41, 5.74) is 3.70. The third-order valence-electron chi connectivity index (χ3n) is 6.03. The molecule has 0 saturated carbocycles. The Hall–Kier alpha value is -2.53. The number of nitrogens with one attached hydrogen (secondary N) is 1. The SMILES string of the molecule is CCOc1cc(C(C)(C)CO)ccc1C1=N[C@@H](c2ccc(Cl)cc2)[C@@H](c2ccc(Cl)cc2)N1. The molecule has 0 amide bonds. The van der Waals surface area contributed by atoms with Crippen molar-refractivity contribution < 1.29 is 9.84 Å². The summed E-state index contributed by atoms with van der Waals surface area (Å²) in [5, 5.41) is 14.8. The van der Waals surface area contributed by atoms with Gasteiger partial charge in [-0.05, 0) is 60.0 Å². The normalized spacial score (nSPS) is 18.1. The van der Waals surface area contributed by atoms with Crippen molar-refractivity contribution in [3.63, 3.8) is 0 Å². The van der Waals surface area contributed by atoms with E-state index in [4.69, 9.17) is 32.9 Å². The van der Waals surface area contributed by atoms with Crippen LogP contribution in [-0.4, -0.2) is 24.2 Å². The largest absolute Gasteiger partial charge is 0.493 e. The first-order valence-corrected chi connectivity index (χ1v) is 11.8. The summed E-state index contributed by atoms with van der Waals surface area (Å²) in [6.07, 6.45) is 0. The molecule has 0 unspecified atom stereocenters. The molecule has 0 aliphatic carbocycles. The second-order valence-corrected chi connectivity index (χ2v) is 9.71. The lowest BCUT2D eigenvalue weighted by molar-refractivity contribution is 0.218. The molecule has 0 aromatic heterocycles. The highest BCUT2D eigenvalue weighted by atomic mass is 35.5. The topological polar surface area (TPSA) is 53.9 Å². The van der Waals surface area contributed by atoms with Crippen molar-refractivity contribution in [3.8, 4) is 5.75 Å². The fourth-order valence-corrected chi connectivity index (χ4v) is 4.24. The Kier molecular flexibility index (Phi) is 6.99. The van der Waals surface area contributed by atoms with Crippen molar-refractivity contribution in [2.75, 3.05) is 13.2 Å². The molecular weight excluding hydrogens is 455 g/mol. The van der Waals surface area contributed by atoms with E-state index in [-0.39, 0.29) is 24.1 Å². The minimum absolute atomic E-state index is 0.0500. The third kappa shape index (κ3) is 5.03. The molecule has 1 heterocycles. The second kappa shape index (κ2) is 9.76. The first-order chi connectivity index (χ1) is 15.8. The zero-order valence-electron chi connectivity index (χ0n) is 19.0. The van der Waals surface area contributed by atoms with Crippen LogP contribution in [0, 0.1) is 0 Å². The Balaban J connectivity index is 1.77. The number of nitrogens with zero attached hydrogens (tertiary/aromatic N) is 1. The first-order valence-electron chi connectivity index (χ1n) is 11.1. The van der Waals surface area contributed by atoms with Crippen LogP contribution in [0.4, 0.5) is 0 Å². The number of ether oxygens (including phenoxy) is 1. The van der Waals surface area contributed by atoms with Crippen LogP contribution in [0.25, 0.3) is 0 Å². The van der Waals surface area contributed by atoms with Gasteiger partial charge in [0.1, 0.15) is 17.6 Å². The van der Waals surface area contributed by atoms with Gasteiger partial charge in [0.2, 0.25) is 0 Å². The van der Waals surface area contributed by atoms with Crippen LogP contribution in [0.5, 0.6) is 5.75 Å². The van der Waals surface area contributed by atoms with E-state index in [9.17, 15) is 5.11 Å². The van der Waals surface area contributed by atoms with Crippen molar-refractivity contribution in [1.82, 2.24) is 5.32 Å². The van der Waals surface area contributed by atoms with Crippen molar-refractivity contribution in [2.45, 2.75) is 38.3 Å². The van der Waals surface area contributed by atoms with Gasteiger partial charge in [0.25, 0.3) is 0 Å². The molecule has 0 saturated heterocycles. The van der Waals surface area contributed by atoms with Gasteiger partial charge in [-0.15, -0.1) is 0 Å². The predicted octanol–water partition coefficient (Wildman–Crippen LogP) is 6.49. The van der Waals surface area contributed by atoms with Crippen molar-refractivity contribution >= 4 is 29.0 Å². The minimum atomic E-state index is -0.368. The molecule has 2 atom stereocenters. The van der Waals surface area contributed by atoms with E-state index in [0.29, 0.717) is 16.7 Å². The standard InChI is InChI=1S/C27H28Cl2N2O2/c1-4-33-23-15-19(27(2,3)16-32)9-14-22(23)26-30-24(17-5-10-20(28)11-6-17)25(31-26)18-7-12-21(29)13-8-18/h5-15,24-25,32H,4,16H2,1-3H3,(H,30,31)/t24-,25+. The zero-order chi connectivity index (χ0) is 23.6. The maximum absolute atomic E-state index is 9.81. The number of aliphatic hydroxyl groups excluding tert-OH is 1. The monoisotopic (exact) mass is 482 g/mol. The maximum atomic E-state index is 9.81. The lowest BCUT2D eigenvalue weighted by Crippen LogP contribution is -2.26. The number of aliphatic imine (C=N–C) groups is 1. The predicted molar refractivity (Wildman–Crippen MR) is 136 cm³/mol. The van der Waals surface area contributed by atoms with Crippen LogP contribution in [0.2, 0.25) is 10.0 Å². The van der Waals surface area contributed by atoms with Gasteiger partial charge in [0, 0.05) is 15.5 Å². The van der Waals surface area contributed by atoms with Gasteiger partial charge in [-0.1, -0.05) is 67.4 Å². The van der Waals surface area contributed by atoms with E-state index in [1.54, 1.807) is 0 Å². The molecule has 6 heteroatoms. The number of benzene rings is 3. The molecule has 0 radical (unpaired) electrons. The van der Waals surface area contributed by atoms with Gasteiger partial charge in [0.15, 0.2) is 0 Å². The van der Waals surface area contributed by atoms with Crippen LogP contribution in [-0.2, 0) is 5.41 Å². The lowest BCUT2D eigenvalue weighted by Gasteiger charge is -2.24. The molecule has 0 fully saturated rings. The van der Waals surface area contributed by atoms with E-state index in [1.807, 2.05) is 87.5 Å². The highest BCUT2D eigenvalue weighted by Crippen LogP contribution is 2.39. The van der Waals surface area contributed by atoms with Crippen molar-refractivity contribution in [3.05, 3.63) is 99.0 Å². The summed E-state index contributed by atoms with van der Waals surface area (Å²) in [6, 6.07) is 21.5. The van der Waals surface area contributed by atoms with Crippen LogP contribution >= 0.6 is 23.2 Å². The second-order valence-electron chi connectivity index (χ2n) is 8.83. The van der Waals surface area contributed by atoms with E-state index in [2.05, 4.69) is 5.32 Å². The average Bonchev–Trinajstić information content (AvgIpc) is 3.25. The summed E-state index contributed by atoms with van der Waals surface area (Å²) in [7, 11) is 0. The Bertz CT molecular complexity index is 1140. The third-order valence-corrected chi connectivity index (χ3v) is 6.53. The van der Waals surface area contributed by atoms with Gasteiger partial charge in [-0.25, -0.2) is 0 Å². The fourth-order valence-electron chi connectivity index (χ4n) is 3.99. The van der Waals surface area contributed by atoms with Crippen LogP contribution in [0.3, 0.4) is 0 Å². The number of amidine groups is 1. The van der Waals surface area contributed by atoms with E-state index in [0.717, 1.165) is 33.8 Å². The Labute approximate surface area is 205 Å². The highest BCUT2D eigenvalue weighted by molar-refractivity contribution is 6.30. The van der Waals surface area contributed by atoms with Gasteiger partial charge in [-0.3, -0.25) is 4.99 Å². The number of halogens is 2. The van der Waals surface area contributed by atoms with E-state index in [1.165, 1.54) is 0 Å². The van der Waals surface area contributed by atoms with E-state index >= 15 is 0 Å². The molecule has 3 aromatic carbocycles. The first kappa shape index (κ1) is 23.6. The zero-order valence-corrected chi connectivity index (χ0v) is 20.5. The summed E-state index contributed by atoms with van der Waals surface area (Å²) < 4.78 is 6.01. The number of hydrogen-bond acceptors (Lipinski definition) is 4. The quantitative estimate of drug-likeness (QED) is 0.404. The molecule has 2 N–H and O–H groups in total. The van der Waals surface area contributed by atoms with Gasteiger partial charge in [0.05, 0.1) is 24.8 Å². The lowest BCUT2D eigenvalue weighted by atomic mass is 9.85. The Morgan fingerprint density at radius 3 is 2.12 bits per heavy atom. The summed E-state index contributed by atoms with van der Waals surface area (Å²) in [5.74, 6) is 1.51. The Morgan fingerprint density at radius 2 is 1.55 bits per heavy atom.